The zero-order chi connectivity index (χ0) is 17.2. The molecule has 1 heterocycles. The number of nitrogens with one attached hydrogen (secondary N) is 2. The first-order chi connectivity index (χ1) is 10.7. The summed E-state index contributed by atoms with van der Waals surface area (Å²) in [5.74, 6) is -0.761. The van der Waals surface area contributed by atoms with Crippen molar-refractivity contribution in [2.75, 3.05) is 0 Å². The van der Waals surface area contributed by atoms with Crippen LogP contribution in [0.2, 0.25) is 20.2 Å². The third-order valence-electron chi connectivity index (χ3n) is 2.56. The molecule has 0 atom stereocenters. The standard InChI is InChI=1S/C12H7Cl4N3O3S/c13-6-1-2-8(9(14)3-6)12(20)18-19-23(21,22)7-4-10(15)11(16)17-5-7/h1-5,19H,(H,18,20). The number of benzene rings is 1. The van der Waals surface area contributed by atoms with Crippen molar-refractivity contribution in [2.24, 2.45) is 0 Å². The molecule has 0 saturated heterocycles. The number of carbonyl (C=O) groups excluding carboxylic acids is 1. The number of carbonyl (C=O) groups is 1. The maximum absolute atomic E-state index is 12.0. The average Bonchev–Trinajstić information content (AvgIpc) is 2.47. The van der Waals surface area contributed by atoms with Gasteiger partial charge in [-0.05, 0) is 24.3 Å². The zero-order valence-corrected chi connectivity index (χ0v) is 14.8. The second-order valence-electron chi connectivity index (χ2n) is 4.13. The Morgan fingerprint density at radius 2 is 1.74 bits per heavy atom. The fraction of sp³-hybridized carbons (Fsp3) is 0. The van der Waals surface area contributed by atoms with E-state index in [1.807, 2.05) is 10.3 Å². The van der Waals surface area contributed by atoms with E-state index in [9.17, 15) is 13.2 Å². The number of hydrazine groups is 1. The topological polar surface area (TPSA) is 88.2 Å². The van der Waals surface area contributed by atoms with E-state index in [1.54, 1.807) is 0 Å². The summed E-state index contributed by atoms with van der Waals surface area (Å²) >= 11 is 22.9. The molecule has 6 nitrogen and oxygen atoms in total. The van der Waals surface area contributed by atoms with Crippen LogP contribution >= 0.6 is 46.4 Å². The molecule has 2 rings (SSSR count). The minimum Gasteiger partial charge on any atom is -0.273 e. The monoisotopic (exact) mass is 413 g/mol. The van der Waals surface area contributed by atoms with Gasteiger partial charge in [0.1, 0.15) is 10.0 Å². The molecule has 0 fully saturated rings. The van der Waals surface area contributed by atoms with Gasteiger partial charge in [0.25, 0.3) is 15.9 Å². The maximum Gasteiger partial charge on any atom is 0.267 e. The van der Waals surface area contributed by atoms with Gasteiger partial charge >= 0.3 is 0 Å². The first-order valence-corrected chi connectivity index (χ1v) is 8.78. The number of pyridine rings is 1. The van der Waals surface area contributed by atoms with Crippen LogP contribution in [0.5, 0.6) is 0 Å². The molecule has 0 saturated carbocycles. The van der Waals surface area contributed by atoms with Crippen LogP contribution < -0.4 is 10.3 Å². The number of halogens is 4. The van der Waals surface area contributed by atoms with E-state index in [2.05, 4.69) is 4.98 Å². The summed E-state index contributed by atoms with van der Waals surface area (Å²) < 4.78 is 24.1. The van der Waals surface area contributed by atoms with Crippen molar-refractivity contribution in [2.45, 2.75) is 4.90 Å². The summed E-state index contributed by atoms with van der Waals surface area (Å²) in [7, 11) is -4.08. The lowest BCUT2D eigenvalue weighted by Gasteiger charge is -2.09. The normalized spacial score (nSPS) is 11.3. The summed E-state index contributed by atoms with van der Waals surface area (Å²) in [6.07, 6.45) is 0.998. The Balaban J connectivity index is 2.15. The molecular formula is C12H7Cl4N3O3S. The fourth-order valence-corrected chi connectivity index (χ4v) is 3.10. The summed E-state index contributed by atoms with van der Waals surface area (Å²) in [5, 5.41) is 0.337. The number of rotatable bonds is 4. The highest BCUT2D eigenvalue weighted by atomic mass is 35.5. The fourth-order valence-electron chi connectivity index (χ4n) is 1.46. The number of hydrogen-bond donors (Lipinski definition) is 2. The van der Waals surface area contributed by atoms with Crippen molar-refractivity contribution in [3.63, 3.8) is 0 Å². The molecule has 0 radical (unpaired) electrons. The van der Waals surface area contributed by atoms with Gasteiger partial charge in [0.05, 0.1) is 15.6 Å². The molecule has 0 spiro atoms. The molecule has 11 heteroatoms. The Bertz CT molecular complexity index is 874. The quantitative estimate of drug-likeness (QED) is 0.593. The molecule has 0 bridgehead atoms. The highest BCUT2D eigenvalue weighted by molar-refractivity contribution is 7.89. The summed E-state index contributed by atoms with van der Waals surface area (Å²) in [6.45, 7) is 0. The van der Waals surface area contributed by atoms with Crippen LogP contribution in [0.25, 0.3) is 0 Å². The number of nitrogens with zero attached hydrogens (tertiary/aromatic N) is 1. The van der Waals surface area contributed by atoms with Crippen molar-refractivity contribution >= 4 is 62.3 Å². The summed E-state index contributed by atoms with van der Waals surface area (Å²) in [6, 6.07) is 5.25. The molecular weight excluding hydrogens is 408 g/mol. The van der Waals surface area contributed by atoms with Gasteiger partial charge in [0.15, 0.2) is 0 Å². The van der Waals surface area contributed by atoms with Gasteiger partial charge < -0.3 is 0 Å². The first kappa shape index (κ1) is 18.3. The second-order valence-corrected chi connectivity index (χ2v) is 7.42. The van der Waals surface area contributed by atoms with Gasteiger partial charge in [-0.15, -0.1) is 4.83 Å². The SMILES string of the molecule is O=C(NNS(=O)(=O)c1cnc(Cl)c(Cl)c1)c1ccc(Cl)cc1Cl. The Kier molecular flexibility index (Phi) is 5.72. The van der Waals surface area contributed by atoms with Crippen molar-refractivity contribution in [1.82, 2.24) is 15.2 Å². The Morgan fingerprint density at radius 3 is 2.35 bits per heavy atom. The number of amides is 1. The van der Waals surface area contributed by atoms with Gasteiger partial charge in [0.2, 0.25) is 0 Å². The largest absolute Gasteiger partial charge is 0.273 e. The maximum atomic E-state index is 12.0. The van der Waals surface area contributed by atoms with Crippen molar-refractivity contribution in [3.05, 3.63) is 56.2 Å². The lowest BCUT2D eigenvalue weighted by atomic mass is 10.2. The highest BCUT2D eigenvalue weighted by Gasteiger charge is 2.18. The van der Waals surface area contributed by atoms with Crippen molar-refractivity contribution in [1.29, 1.82) is 0 Å². The number of aromatic nitrogens is 1. The lowest BCUT2D eigenvalue weighted by Crippen LogP contribution is -2.41. The van der Waals surface area contributed by atoms with Crippen LogP contribution in [0.15, 0.2) is 35.4 Å². The number of sulfonamides is 1. The third kappa shape index (κ3) is 4.47. The molecule has 23 heavy (non-hydrogen) atoms. The van der Waals surface area contributed by atoms with Crippen LogP contribution in [0.1, 0.15) is 10.4 Å². The van der Waals surface area contributed by atoms with E-state index in [0.717, 1.165) is 12.3 Å². The smallest absolute Gasteiger partial charge is 0.267 e. The summed E-state index contributed by atoms with van der Waals surface area (Å²) in [5.41, 5.74) is 2.07. The van der Waals surface area contributed by atoms with Crippen LogP contribution in [0.3, 0.4) is 0 Å². The first-order valence-electron chi connectivity index (χ1n) is 5.79. The van der Waals surface area contributed by atoms with E-state index < -0.39 is 15.9 Å². The van der Waals surface area contributed by atoms with Crippen LogP contribution in [-0.4, -0.2) is 19.3 Å². The van der Waals surface area contributed by atoms with E-state index in [4.69, 9.17) is 46.4 Å². The number of hydrogen-bond acceptors (Lipinski definition) is 4. The van der Waals surface area contributed by atoms with Crippen molar-refractivity contribution < 1.29 is 13.2 Å². The van der Waals surface area contributed by atoms with Gasteiger partial charge in [0, 0.05) is 11.2 Å². The molecule has 0 aliphatic rings. The molecule has 1 aromatic carbocycles. The van der Waals surface area contributed by atoms with Crippen LogP contribution in [0, 0.1) is 0 Å². The Morgan fingerprint density at radius 1 is 1.04 bits per heavy atom. The van der Waals surface area contributed by atoms with Crippen molar-refractivity contribution in [3.8, 4) is 0 Å². The van der Waals surface area contributed by atoms with Gasteiger partial charge in [-0.3, -0.25) is 10.2 Å². The predicted octanol–water partition coefficient (Wildman–Crippen LogP) is 3.32. The minimum atomic E-state index is -4.08. The molecule has 1 aromatic heterocycles. The minimum absolute atomic E-state index is 0.0393. The van der Waals surface area contributed by atoms with Gasteiger partial charge in [-0.2, -0.15) is 0 Å². The molecule has 0 aliphatic heterocycles. The molecule has 122 valence electrons. The van der Waals surface area contributed by atoms with Crippen LogP contribution in [0.4, 0.5) is 0 Å². The molecule has 2 aromatic rings. The average molecular weight is 415 g/mol. The van der Waals surface area contributed by atoms with E-state index in [1.165, 1.54) is 18.2 Å². The van der Waals surface area contributed by atoms with Gasteiger partial charge in [-0.1, -0.05) is 46.4 Å². The van der Waals surface area contributed by atoms with Gasteiger partial charge in [-0.25, -0.2) is 13.4 Å². The summed E-state index contributed by atoms with van der Waals surface area (Å²) in [4.78, 5) is 17.2. The van der Waals surface area contributed by atoms with E-state index in [0.29, 0.717) is 5.02 Å². The molecule has 0 aliphatic carbocycles. The molecule has 2 N–H and O–H groups in total. The van der Waals surface area contributed by atoms with E-state index in [-0.39, 0.29) is 25.7 Å². The molecule has 0 unspecified atom stereocenters. The lowest BCUT2D eigenvalue weighted by molar-refractivity contribution is 0.0945. The second kappa shape index (κ2) is 7.21. The Hall–Kier alpha value is -1.09. The Labute approximate surface area is 151 Å². The van der Waals surface area contributed by atoms with E-state index >= 15 is 0 Å². The molecule has 1 amide bonds. The zero-order valence-electron chi connectivity index (χ0n) is 11.0. The third-order valence-corrected chi connectivity index (χ3v) is 5.00. The van der Waals surface area contributed by atoms with Crippen LogP contribution in [-0.2, 0) is 10.0 Å². The highest BCUT2D eigenvalue weighted by Crippen LogP contribution is 2.22. The predicted molar refractivity (Wildman–Crippen MR) is 88.5 cm³/mol.